The van der Waals surface area contributed by atoms with Gasteiger partial charge in [-0.3, -0.25) is 19.7 Å². The third-order valence-electron chi connectivity index (χ3n) is 2.00. The zero-order valence-corrected chi connectivity index (χ0v) is 9.78. The standard InChI is InChI=1S/C10H10N2O7/c1-18-8-3-2-6(12(16)17)4-7(8)10(15)11-19-5-9(13)14/h2-4H,5H2,1H3,(H,11,15)(H,13,14). The molecule has 0 unspecified atom stereocenters. The topological polar surface area (TPSA) is 128 Å². The predicted molar refractivity (Wildman–Crippen MR) is 60.7 cm³/mol. The second-order valence-electron chi connectivity index (χ2n) is 3.26. The lowest BCUT2D eigenvalue weighted by molar-refractivity contribution is -0.384. The van der Waals surface area contributed by atoms with E-state index in [2.05, 4.69) is 4.84 Å². The van der Waals surface area contributed by atoms with E-state index in [1.54, 1.807) is 0 Å². The van der Waals surface area contributed by atoms with Gasteiger partial charge in [-0.05, 0) is 6.07 Å². The number of carbonyl (C=O) groups is 2. The summed E-state index contributed by atoms with van der Waals surface area (Å²) in [6.45, 7) is -0.733. The van der Waals surface area contributed by atoms with Gasteiger partial charge in [-0.25, -0.2) is 10.3 Å². The highest BCUT2D eigenvalue weighted by atomic mass is 16.7. The highest BCUT2D eigenvalue weighted by Crippen LogP contribution is 2.23. The molecule has 0 fully saturated rings. The van der Waals surface area contributed by atoms with E-state index in [1.165, 1.54) is 19.2 Å². The zero-order valence-electron chi connectivity index (χ0n) is 9.78. The molecule has 1 aromatic rings. The number of hydrogen-bond acceptors (Lipinski definition) is 6. The molecule has 0 aliphatic rings. The Morgan fingerprint density at radius 3 is 2.68 bits per heavy atom. The van der Waals surface area contributed by atoms with Crippen molar-refractivity contribution >= 4 is 17.6 Å². The van der Waals surface area contributed by atoms with Crippen LogP contribution >= 0.6 is 0 Å². The van der Waals surface area contributed by atoms with Gasteiger partial charge in [-0.2, -0.15) is 0 Å². The van der Waals surface area contributed by atoms with Crippen molar-refractivity contribution in [1.29, 1.82) is 0 Å². The van der Waals surface area contributed by atoms with Crippen LogP contribution in [-0.2, 0) is 9.63 Å². The Balaban J connectivity index is 2.89. The van der Waals surface area contributed by atoms with Crippen molar-refractivity contribution < 1.29 is 29.2 Å². The number of carboxylic acid groups (broad SMARTS) is 1. The molecule has 1 amide bonds. The second kappa shape index (κ2) is 6.31. The average molecular weight is 270 g/mol. The fourth-order valence-electron chi connectivity index (χ4n) is 1.21. The molecular weight excluding hydrogens is 260 g/mol. The summed E-state index contributed by atoms with van der Waals surface area (Å²) in [6, 6.07) is 3.43. The van der Waals surface area contributed by atoms with Gasteiger partial charge >= 0.3 is 5.97 Å². The van der Waals surface area contributed by atoms with Gasteiger partial charge in [0.25, 0.3) is 11.6 Å². The molecule has 0 aliphatic heterocycles. The number of aliphatic carboxylic acids is 1. The number of amides is 1. The molecule has 0 saturated heterocycles. The number of benzene rings is 1. The van der Waals surface area contributed by atoms with Crippen LogP contribution in [0.5, 0.6) is 5.75 Å². The number of rotatable bonds is 6. The third kappa shape index (κ3) is 3.92. The lowest BCUT2D eigenvalue weighted by atomic mass is 10.1. The van der Waals surface area contributed by atoms with Crippen LogP contribution < -0.4 is 10.2 Å². The fraction of sp³-hybridized carbons (Fsp3) is 0.200. The average Bonchev–Trinajstić information content (AvgIpc) is 2.37. The summed E-state index contributed by atoms with van der Waals surface area (Å²) in [5.74, 6) is -2.02. The summed E-state index contributed by atoms with van der Waals surface area (Å²) in [4.78, 5) is 36.2. The van der Waals surface area contributed by atoms with E-state index < -0.39 is 23.4 Å². The number of hydroxylamine groups is 1. The molecule has 1 aromatic carbocycles. The van der Waals surface area contributed by atoms with Crippen LogP contribution in [0.3, 0.4) is 0 Å². The molecule has 9 heteroatoms. The van der Waals surface area contributed by atoms with Crippen LogP contribution in [0, 0.1) is 10.1 Å². The second-order valence-corrected chi connectivity index (χ2v) is 3.26. The highest BCUT2D eigenvalue weighted by Gasteiger charge is 2.17. The SMILES string of the molecule is COc1ccc([N+](=O)[O-])cc1C(=O)NOCC(=O)O. The molecular formula is C10H10N2O7. The first-order chi connectivity index (χ1) is 8.95. The van der Waals surface area contributed by atoms with Crippen molar-refractivity contribution in [1.82, 2.24) is 5.48 Å². The molecule has 0 radical (unpaired) electrons. The van der Waals surface area contributed by atoms with Gasteiger partial charge < -0.3 is 9.84 Å². The minimum atomic E-state index is -1.27. The van der Waals surface area contributed by atoms with Crippen molar-refractivity contribution in [2.45, 2.75) is 0 Å². The lowest BCUT2D eigenvalue weighted by Gasteiger charge is -2.08. The Morgan fingerprint density at radius 1 is 1.47 bits per heavy atom. The molecule has 0 aliphatic carbocycles. The molecule has 0 aromatic heterocycles. The Hall–Kier alpha value is -2.68. The molecule has 0 heterocycles. The Labute approximate surface area is 106 Å². The summed E-state index contributed by atoms with van der Waals surface area (Å²) >= 11 is 0. The summed E-state index contributed by atoms with van der Waals surface area (Å²) in [6.07, 6.45) is 0. The first kappa shape index (κ1) is 14.4. The fourth-order valence-corrected chi connectivity index (χ4v) is 1.21. The number of nitrogens with one attached hydrogen (secondary N) is 1. The Kier molecular flexibility index (Phi) is 4.77. The van der Waals surface area contributed by atoms with Gasteiger partial charge in [0, 0.05) is 12.1 Å². The van der Waals surface area contributed by atoms with Crippen LogP contribution in [0.15, 0.2) is 18.2 Å². The number of carbonyl (C=O) groups excluding carboxylic acids is 1. The highest BCUT2D eigenvalue weighted by molar-refractivity contribution is 5.97. The monoisotopic (exact) mass is 270 g/mol. The number of nitro benzene ring substituents is 1. The number of nitro groups is 1. The molecule has 0 spiro atoms. The van der Waals surface area contributed by atoms with Crippen molar-refractivity contribution in [2.24, 2.45) is 0 Å². The van der Waals surface area contributed by atoms with Crippen molar-refractivity contribution in [3.8, 4) is 5.75 Å². The molecule has 9 nitrogen and oxygen atoms in total. The Morgan fingerprint density at radius 2 is 2.16 bits per heavy atom. The number of nitrogens with zero attached hydrogens (tertiary/aromatic N) is 1. The Bertz CT molecular complexity index is 515. The lowest BCUT2D eigenvalue weighted by Crippen LogP contribution is -2.27. The first-order valence-electron chi connectivity index (χ1n) is 4.92. The van der Waals surface area contributed by atoms with Crippen LogP contribution in [0.4, 0.5) is 5.69 Å². The van der Waals surface area contributed by atoms with Gasteiger partial charge in [0.2, 0.25) is 0 Å². The smallest absolute Gasteiger partial charge is 0.332 e. The molecule has 0 bridgehead atoms. The maximum atomic E-state index is 11.6. The number of ether oxygens (including phenoxy) is 1. The molecule has 2 N–H and O–H groups in total. The van der Waals surface area contributed by atoms with Crippen LogP contribution in [0.1, 0.15) is 10.4 Å². The third-order valence-corrected chi connectivity index (χ3v) is 2.00. The maximum Gasteiger partial charge on any atom is 0.332 e. The van der Waals surface area contributed by atoms with Crippen LogP contribution in [0.25, 0.3) is 0 Å². The van der Waals surface area contributed by atoms with E-state index in [-0.39, 0.29) is 17.0 Å². The predicted octanol–water partition coefficient (Wildman–Crippen LogP) is 0.349. The summed E-state index contributed by atoms with van der Waals surface area (Å²) in [5, 5.41) is 18.9. The van der Waals surface area contributed by atoms with Gasteiger partial charge in [-0.1, -0.05) is 0 Å². The van der Waals surface area contributed by atoms with Gasteiger partial charge in [0.15, 0.2) is 6.61 Å². The van der Waals surface area contributed by atoms with Gasteiger partial charge in [-0.15, -0.1) is 0 Å². The van der Waals surface area contributed by atoms with Crippen LogP contribution in [0.2, 0.25) is 0 Å². The van der Waals surface area contributed by atoms with Gasteiger partial charge in [0.1, 0.15) is 5.75 Å². The molecule has 0 atom stereocenters. The maximum absolute atomic E-state index is 11.6. The summed E-state index contributed by atoms with van der Waals surface area (Å²) < 4.78 is 4.87. The van der Waals surface area contributed by atoms with E-state index in [0.717, 1.165) is 6.07 Å². The minimum absolute atomic E-state index is 0.0991. The van der Waals surface area contributed by atoms with E-state index in [4.69, 9.17) is 9.84 Å². The molecule has 0 saturated carbocycles. The number of non-ortho nitro benzene ring substituents is 1. The summed E-state index contributed by atoms with van der Waals surface area (Å²) in [7, 11) is 1.29. The molecule has 1 rings (SSSR count). The zero-order chi connectivity index (χ0) is 14.4. The number of hydrogen-bond donors (Lipinski definition) is 2. The van der Waals surface area contributed by atoms with E-state index in [0.29, 0.717) is 0 Å². The minimum Gasteiger partial charge on any atom is -0.496 e. The molecule has 102 valence electrons. The number of methoxy groups -OCH3 is 1. The number of carboxylic acids is 1. The van der Waals surface area contributed by atoms with Crippen molar-refractivity contribution in [3.63, 3.8) is 0 Å². The summed E-state index contributed by atoms with van der Waals surface area (Å²) in [5.41, 5.74) is 1.41. The van der Waals surface area contributed by atoms with E-state index in [1.807, 2.05) is 5.48 Å². The molecule has 19 heavy (non-hydrogen) atoms. The van der Waals surface area contributed by atoms with Gasteiger partial charge in [0.05, 0.1) is 17.6 Å². The van der Waals surface area contributed by atoms with Crippen molar-refractivity contribution in [3.05, 3.63) is 33.9 Å². The quantitative estimate of drug-likeness (QED) is 0.563. The van der Waals surface area contributed by atoms with E-state index in [9.17, 15) is 19.7 Å². The normalized spacial score (nSPS) is 9.74. The first-order valence-corrected chi connectivity index (χ1v) is 4.92. The van der Waals surface area contributed by atoms with Crippen molar-refractivity contribution in [2.75, 3.05) is 13.7 Å². The van der Waals surface area contributed by atoms with Crippen LogP contribution in [-0.4, -0.2) is 35.6 Å². The largest absolute Gasteiger partial charge is 0.496 e. The van der Waals surface area contributed by atoms with E-state index >= 15 is 0 Å².